The molecule has 1 rings (SSSR count). The van der Waals surface area contributed by atoms with Crippen LogP contribution in [0.3, 0.4) is 0 Å². The zero-order valence-electron chi connectivity index (χ0n) is 11.2. The summed E-state index contributed by atoms with van der Waals surface area (Å²) in [6, 6.07) is 0.566. The van der Waals surface area contributed by atoms with Crippen molar-refractivity contribution in [3.63, 3.8) is 0 Å². The average molecular weight is 273 g/mol. The van der Waals surface area contributed by atoms with Gasteiger partial charge in [0.2, 0.25) is 5.91 Å². The molecule has 18 heavy (non-hydrogen) atoms. The van der Waals surface area contributed by atoms with Crippen LogP contribution in [0.1, 0.15) is 25.7 Å². The molecule has 1 N–H and O–H groups in total. The van der Waals surface area contributed by atoms with E-state index in [1.807, 2.05) is 24.1 Å². The molecule has 1 aliphatic rings. The number of likely N-dealkylation sites (tertiary alicyclic amines) is 1. The maximum atomic E-state index is 12.3. The van der Waals surface area contributed by atoms with Crippen molar-refractivity contribution in [2.45, 2.75) is 31.7 Å². The molecule has 0 bridgehead atoms. The lowest BCUT2D eigenvalue weighted by molar-refractivity contribution is -0.136. The standard InChI is InChI=1S/C14H24N2O.ClH/c1-4-6-12(7-5-2)14(17)16-10-8-13(15-3)9-11-16;/h4-5,12-13,15H,1-2,6-11H2,3H3;1H. The van der Waals surface area contributed by atoms with E-state index in [-0.39, 0.29) is 24.2 Å². The Morgan fingerprint density at radius 3 is 2.22 bits per heavy atom. The number of nitrogens with one attached hydrogen (secondary N) is 1. The Labute approximate surface area is 117 Å². The maximum Gasteiger partial charge on any atom is 0.226 e. The number of nitrogens with zero attached hydrogens (tertiary/aromatic N) is 1. The van der Waals surface area contributed by atoms with Crippen LogP contribution in [0.25, 0.3) is 0 Å². The summed E-state index contributed by atoms with van der Waals surface area (Å²) in [5, 5.41) is 3.27. The van der Waals surface area contributed by atoms with Gasteiger partial charge in [-0.25, -0.2) is 0 Å². The summed E-state index contributed by atoms with van der Waals surface area (Å²) in [4.78, 5) is 14.3. The van der Waals surface area contributed by atoms with Crippen LogP contribution in [0.4, 0.5) is 0 Å². The van der Waals surface area contributed by atoms with Crippen molar-refractivity contribution in [2.24, 2.45) is 5.92 Å². The molecule has 3 nitrogen and oxygen atoms in total. The van der Waals surface area contributed by atoms with Gasteiger partial charge < -0.3 is 10.2 Å². The fourth-order valence-corrected chi connectivity index (χ4v) is 2.35. The highest BCUT2D eigenvalue weighted by atomic mass is 35.5. The number of carbonyl (C=O) groups is 1. The Balaban J connectivity index is 0.00000289. The second kappa shape index (κ2) is 9.17. The fraction of sp³-hybridized carbons (Fsp3) is 0.643. The normalized spacial score (nSPS) is 16.2. The highest BCUT2D eigenvalue weighted by molar-refractivity contribution is 5.85. The lowest BCUT2D eigenvalue weighted by Crippen LogP contribution is -2.45. The number of rotatable bonds is 6. The summed E-state index contributed by atoms with van der Waals surface area (Å²) in [5.74, 6) is 0.301. The van der Waals surface area contributed by atoms with Gasteiger partial charge in [0.15, 0.2) is 0 Å². The number of halogens is 1. The molecule has 0 spiro atoms. The van der Waals surface area contributed by atoms with Gasteiger partial charge in [-0.3, -0.25) is 4.79 Å². The first kappa shape index (κ1) is 17.2. The predicted octanol–water partition coefficient (Wildman–Crippen LogP) is 2.39. The van der Waals surface area contributed by atoms with Crippen molar-refractivity contribution in [3.05, 3.63) is 25.3 Å². The quantitative estimate of drug-likeness (QED) is 0.753. The van der Waals surface area contributed by atoms with Crippen LogP contribution in [0, 0.1) is 5.92 Å². The minimum atomic E-state index is 0. The first-order chi connectivity index (χ1) is 8.22. The number of allylic oxidation sites excluding steroid dienone is 2. The van der Waals surface area contributed by atoms with E-state index in [0.717, 1.165) is 38.8 Å². The smallest absolute Gasteiger partial charge is 0.226 e. The molecule has 1 saturated heterocycles. The highest BCUT2D eigenvalue weighted by Crippen LogP contribution is 2.18. The summed E-state index contributed by atoms with van der Waals surface area (Å²) in [6.45, 7) is 9.18. The van der Waals surface area contributed by atoms with Gasteiger partial charge in [-0.1, -0.05) is 12.2 Å². The minimum absolute atomic E-state index is 0. The fourth-order valence-electron chi connectivity index (χ4n) is 2.35. The maximum absolute atomic E-state index is 12.3. The lowest BCUT2D eigenvalue weighted by Gasteiger charge is -2.33. The van der Waals surface area contributed by atoms with Crippen LogP contribution in [-0.2, 0) is 4.79 Å². The first-order valence-corrected chi connectivity index (χ1v) is 6.40. The van der Waals surface area contributed by atoms with Gasteiger partial charge in [0, 0.05) is 25.0 Å². The summed E-state index contributed by atoms with van der Waals surface area (Å²) in [5.41, 5.74) is 0. The predicted molar refractivity (Wildman–Crippen MR) is 79.0 cm³/mol. The molecule has 1 fully saturated rings. The number of amides is 1. The van der Waals surface area contributed by atoms with Crippen LogP contribution >= 0.6 is 12.4 Å². The SMILES string of the molecule is C=CCC(CC=C)C(=O)N1CCC(NC)CC1.Cl. The summed E-state index contributed by atoms with van der Waals surface area (Å²) >= 11 is 0. The number of carbonyl (C=O) groups excluding carboxylic acids is 1. The summed E-state index contributed by atoms with van der Waals surface area (Å²) < 4.78 is 0. The van der Waals surface area contributed by atoms with Crippen molar-refractivity contribution >= 4 is 18.3 Å². The zero-order valence-corrected chi connectivity index (χ0v) is 12.0. The Hall–Kier alpha value is -0.800. The third kappa shape index (κ3) is 4.83. The summed E-state index contributed by atoms with van der Waals surface area (Å²) in [7, 11) is 1.99. The van der Waals surface area contributed by atoms with Crippen LogP contribution in [0.15, 0.2) is 25.3 Å². The molecule has 0 aromatic carbocycles. The molecule has 1 heterocycles. The molecule has 104 valence electrons. The van der Waals surface area contributed by atoms with Crippen molar-refractivity contribution in [2.75, 3.05) is 20.1 Å². The Morgan fingerprint density at radius 1 is 1.33 bits per heavy atom. The van der Waals surface area contributed by atoms with E-state index in [1.54, 1.807) is 0 Å². The van der Waals surface area contributed by atoms with E-state index in [2.05, 4.69) is 18.5 Å². The Morgan fingerprint density at radius 2 is 1.83 bits per heavy atom. The van der Waals surface area contributed by atoms with Crippen molar-refractivity contribution in [3.8, 4) is 0 Å². The molecular formula is C14H25ClN2O. The number of piperidine rings is 1. The summed E-state index contributed by atoms with van der Waals surface area (Å²) in [6.07, 6.45) is 7.25. The van der Waals surface area contributed by atoms with E-state index in [4.69, 9.17) is 0 Å². The third-order valence-electron chi connectivity index (χ3n) is 3.47. The van der Waals surface area contributed by atoms with Gasteiger partial charge >= 0.3 is 0 Å². The molecule has 0 atom stereocenters. The minimum Gasteiger partial charge on any atom is -0.342 e. The van der Waals surface area contributed by atoms with E-state index in [1.165, 1.54) is 0 Å². The van der Waals surface area contributed by atoms with Crippen LogP contribution in [-0.4, -0.2) is 37.0 Å². The van der Waals surface area contributed by atoms with Gasteiger partial charge in [0.1, 0.15) is 0 Å². The van der Waals surface area contributed by atoms with Gasteiger partial charge in [-0.2, -0.15) is 0 Å². The Bertz CT molecular complexity index is 263. The van der Waals surface area contributed by atoms with E-state index >= 15 is 0 Å². The van der Waals surface area contributed by atoms with Gasteiger partial charge in [0.05, 0.1) is 0 Å². The van der Waals surface area contributed by atoms with E-state index in [0.29, 0.717) is 6.04 Å². The number of hydrogen-bond acceptors (Lipinski definition) is 2. The molecule has 0 saturated carbocycles. The molecule has 0 unspecified atom stereocenters. The van der Waals surface area contributed by atoms with Crippen molar-refractivity contribution in [1.29, 1.82) is 0 Å². The lowest BCUT2D eigenvalue weighted by atomic mass is 9.97. The molecule has 0 aromatic rings. The third-order valence-corrected chi connectivity index (χ3v) is 3.47. The average Bonchev–Trinajstić information content (AvgIpc) is 2.38. The second-order valence-electron chi connectivity index (χ2n) is 4.63. The van der Waals surface area contributed by atoms with Crippen molar-refractivity contribution in [1.82, 2.24) is 10.2 Å². The van der Waals surface area contributed by atoms with Crippen LogP contribution < -0.4 is 5.32 Å². The molecule has 0 radical (unpaired) electrons. The zero-order chi connectivity index (χ0) is 12.7. The van der Waals surface area contributed by atoms with Crippen LogP contribution in [0.5, 0.6) is 0 Å². The highest BCUT2D eigenvalue weighted by Gasteiger charge is 2.26. The van der Waals surface area contributed by atoms with Crippen molar-refractivity contribution < 1.29 is 4.79 Å². The molecule has 1 amide bonds. The van der Waals surface area contributed by atoms with Crippen LogP contribution in [0.2, 0.25) is 0 Å². The van der Waals surface area contributed by atoms with Gasteiger partial charge in [0.25, 0.3) is 0 Å². The van der Waals surface area contributed by atoms with Gasteiger partial charge in [-0.15, -0.1) is 25.6 Å². The second-order valence-corrected chi connectivity index (χ2v) is 4.63. The first-order valence-electron chi connectivity index (χ1n) is 6.40. The van der Waals surface area contributed by atoms with Gasteiger partial charge in [-0.05, 0) is 32.7 Å². The molecule has 1 aliphatic heterocycles. The topological polar surface area (TPSA) is 32.3 Å². The number of hydrogen-bond donors (Lipinski definition) is 1. The van der Waals surface area contributed by atoms with E-state index in [9.17, 15) is 4.79 Å². The largest absolute Gasteiger partial charge is 0.342 e. The molecule has 4 heteroatoms. The molecular weight excluding hydrogens is 248 g/mol. The molecule has 0 aliphatic carbocycles. The monoisotopic (exact) mass is 272 g/mol. The molecule has 0 aromatic heterocycles. The van der Waals surface area contributed by atoms with E-state index < -0.39 is 0 Å². The Kier molecular flexibility index (Phi) is 8.77.